The quantitative estimate of drug-likeness (QED) is 0.808. The number of morpholine rings is 1. The van der Waals surface area contributed by atoms with E-state index in [1.54, 1.807) is 18.9 Å². The van der Waals surface area contributed by atoms with Gasteiger partial charge in [-0.3, -0.25) is 4.79 Å². The third-order valence-electron chi connectivity index (χ3n) is 3.63. The molecule has 1 aliphatic heterocycles. The van der Waals surface area contributed by atoms with Gasteiger partial charge in [0.25, 0.3) is 0 Å². The third kappa shape index (κ3) is 4.93. The van der Waals surface area contributed by atoms with Crippen molar-refractivity contribution in [1.29, 1.82) is 0 Å². The molecule has 1 heterocycles. The van der Waals surface area contributed by atoms with Crippen molar-refractivity contribution in [2.24, 2.45) is 0 Å². The molecule has 1 atom stereocenters. The summed E-state index contributed by atoms with van der Waals surface area (Å²) in [5.41, 5.74) is 1.21. The Morgan fingerprint density at radius 2 is 2.19 bits per heavy atom. The topological polar surface area (TPSA) is 38.8 Å². The van der Waals surface area contributed by atoms with Gasteiger partial charge in [-0.2, -0.15) is 11.8 Å². The van der Waals surface area contributed by atoms with Gasteiger partial charge >= 0.3 is 0 Å². The average Bonchev–Trinajstić information content (AvgIpc) is 2.53. The Morgan fingerprint density at radius 3 is 2.86 bits per heavy atom. The van der Waals surface area contributed by atoms with Crippen LogP contribution in [0.1, 0.15) is 12.0 Å². The molecule has 0 N–H and O–H groups in total. The minimum absolute atomic E-state index is 0.0883. The predicted molar refractivity (Wildman–Crippen MR) is 86.0 cm³/mol. The maximum Gasteiger partial charge on any atom is 0.223 e. The van der Waals surface area contributed by atoms with Crippen molar-refractivity contribution < 1.29 is 14.3 Å². The summed E-state index contributed by atoms with van der Waals surface area (Å²) >= 11 is 1.71. The van der Waals surface area contributed by atoms with Gasteiger partial charge in [0.2, 0.25) is 5.91 Å². The van der Waals surface area contributed by atoms with Crippen LogP contribution in [0, 0.1) is 0 Å². The molecular weight excluding hydrogens is 286 g/mol. The molecule has 0 aromatic heterocycles. The lowest BCUT2D eigenvalue weighted by atomic mass is 10.1. The summed E-state index contributed by atoms with van der Waals surface area (Å²) in [4.78, 5) is 14.0. The molecule has 1 aliphatic rings. The van der Waals surface area contributed by atoms with E-state index in [2.05, 4.69) is 12.1 Å². The Hall–Kier alpha value is -1.20. The molecule has 1 saturated heterocycles. The number of hydrogen-bond donors (Lipinski definition) is 0. The van der Waals surface area contributed by atoms with E-state index < -0.39 is 0 Å². The number of methoxy groups -OCH3 is 1. The first-order valence-corrected chi connectivity index (χ1v) is 8.63. The van der Waals surface area contributed by atoms with Gasteiger partial charge in [-0.15, -0.1) is 0 Å². The second-order valence-corrected chi connectivity index (χ2v) is 6.11. The van der Waals surface area contributed by atoms with Crippen molar-refractivity contribution in [2.75, 3.05) is 38.8 Å². The summed E-state index contributed by atoms with van der Waals surface area (Å²) in [6, 6.07) is 8.02. The minimum atomic E-state index is 0.0883. The van der Waals surface area contributed by atoms with E-state index in [4.69, 9.17) is 9.47 Å². The Bertz CT molecular complexity index is 449. The van der Waals surface area contributed by atoms with E-state index in [0.29, 0.717) is 26.1 Å². The van der Waals surface area contributed by atoms with Gasteiger partial charge in [-0.05, 0) is 24.0 Å². The van der Waals surface area contributed by atoms with E-state index >= 15 is 0 Å². The fourth-order valence-corrected chi connectivity index (χ4v) is 2.82. The highest BCUT2D eigenvalue weighted by Gasteiger charge is 2.23. The molecule has 1 aromatic carbocycles. The van der Waals surface area contributed by atoms with Crippen LogP contribution in [-0.4, -0.2) is 55.7 Å². The number of nitrogens with zero attached hydrogens (tertiary/aromatic N) is 1. The first-order chi connectivity index (χ1) is 10.2. The van der Waals surface area contributed by atoms with Crippen molar-refractivity contribution in [3.8, 4) is 5.75 Å². The van der Waals surface area contributed by atoms with Crippen LogP contribution < -0.4 is 4.74 Å². The molecule has 21 heavy (non-hydrogen) atoms. The van der Waals surface area contributed by atoms with Crippen LogP contribution in [0.2, 0.25) is 0 Å². The van der Waals surface area contributed by atoms with E-state index in [1.165, 1.54) is 5.56 Å². The molecule has 0 unspecified atom stereocenters. The molecule has 5 heteroatoms. The molecule has 2 rings (SSSR count). The zero-order chi connectivity index (χ0) is 15.1. The standard InChI is InChI=1S/C16H23NO3S/c1-19-14-5-3-13(4-6-14)11-15-12-17(8-9-20-15)16(18)7-10-21-2/h3-6,15H,7-12H2,1-2H3/t15-/m0/s1. The fourth-order valence-electron chi connectivity index (χ4n) is 2.44. The van der Waals surface area contributed by atoms with Crippen molar-refractivity contribution in [3.63, 3.8) is 0 Å². The monoisotopic (exact) mass is 309 g/mol. The van der Waals surface area contributed by atoms with Crippen LogP contribution in [0.15, 0.2) is 24.3 Å². The van der Waals surface area contributed by atoms with E-state index in [-0.39, 0.29) is 12.0 Å². The Kier molecular flexibility index (Phi) is 6.39. The number of thioether (sulfide) groups is 1. The van der Waals surface area contributed by atoms with Crippen LogP contribution in [0.3, 0.4) is 0 Å². The number of hydrogen-bond acceptors (Lipinski definition) is 4. The number of amides is 1. The van der Waals surface area contributed by atoms with Crippen LogP contribution in [0.25, 0.3) is 0 Å². The second-order valence-electron chi connectivity index (χ2n) is 5.13. The van der Waals surface area contributed by atoms with Crippen molar-refractivity contribution >= 4 is 17.7 Å². The summed E-state index contributed by atoms with van der Waals surface area (Å²) in [7, 11) is 1.66. The van der Waals surface area contributed by atoms with Crippen molar-refractivity contribution in [3.05, 3.63) is 29.8 Å². The zero-order valence-corrected chi connectivity index (χ0v) is 13.5. The largest absolute Gasteiger partial charge is 0.497 e. The third-order valence-corrected chi connectivity index (χ3v) is 4.25. The first-order valence-electron chi connectivity index (χ1n) is 7.24. The highest BCUT2D eigenvalue weighted by atomic mass is 32.2. The maximum atomic E-state index is 12.1. The van der Waals surface area contributed by atoms with Gasteiger partial charge < -0.3 is 14.4 Å². The SMILES string of the molecule is COc1ccc(C[C@H]2CN(C(=O)CCSC)CCO2)cc1. The summed E-state index contributed by atoms with van der Waals surface area (Å²) in [6.07, 6.45) is 3.57. The number of carbonyl (C=O) groups is 1. The zero-order valence-electron chi connectivity index (χ0n) is 12.7. The highest BCUT2D eigenvalue weighted by molar-refractivity contribution is 7.98. The van der Waals surface area contributed by atoms with Crippen LogP contribution in [0.4, 0.5) is 0 Å². The van der Waals surface area contributed by atoms with Crippen molar-refractivity contribution in [2.45, 2.75) is 18.9 Å². The highest BCUT2D eigenvalue weighted by Crippen LogP contribution is 2.16. The molecule has 0 saturated carbocycles. The van der Waals surface area contributed by atoms with Gasteiger partial charge in [-0.25, -0.2) is 0 Å². The summed E-state index contributed by atoms with van der Waals surface area (Å²) in [5.74, 6) is 1.99. The van der Waals surface area contributed by atoms with Gasteiger partial charge in [0.05, 0.1) is 19.8 Å². The lowest BCUT2D eigenvalue weighted by Gasteiger charge is -2.33. The lowest BCUT2D eigenvalue weighted by Crippen LogP contribution is -2.46. The van der Waals surface area contributed by atoms with Crippen LogP contribution >= 0.6 is 11.8 Å². The molecule has 4 nitrogen and oxygen atoms in total. The minimum Gasteiger partial charge on any atom is -0.497 e. The summed E-state index contributed by atoms with van der Waals surface area (Å²) < 4.78 is 11.0. The Labute approximate surface area is 130 Å². The van der Waals surface area contributed by atoms with E-state index in [0.717, 1.165) is 17.9 Å². The smallest absolute Gasteiger partial charge is 0.223 e. The maximum absolute atomic E-state index is 12.1. The number of carbonyl (C=O) groups excluding carboxylic acids is 1. The Morgan fingerprint density at radius 1 is 1.43 bits per heavy atom. The van der Waals surface area contributed by atoms with Crippen LogP contribution in [-0.2, 0) is 16.0 Å². The molecule has 1 amide bonds. The van der Waals surface area contributed by atoms with Crippen LogP contribution in [0.5, 0.6) is 5.75 Å². The number of benzene rings is 1. The molecule has 116 valence electrons. The predicted octanol–water partition coefficient (Wildman–Crippen LogP) is 2.22. The fraction of sp³-hybridized carbons (Fsp3) is 0.562. The van der Waals surface area contributed by atoms with Gasteiger partial charge in [0.1, 0.15) is 5.75 Å². The summed E-state index contributed by atoms with van der Waals surface area (Å²) in [6.45, 7) is 2.04. The van der Waals surface area contributed by atoms with Gasteiger partial charge in [0.15, 0.2) is 0 Å². The van der Waals surface area contributed by atoms with Gasteiger partial charge in [-0.1, -0.05) is 12.1 Å². The molecule has 0 spiro atoms. The first kappa shape index (κ1) is 16.2. The van der Waals surface area contributed by atoms with Gasteiger partial charge in [0, 0.05) is 31.7 Å². The number of ether oxygens (including phenoxy) is 2. The average molecular weight is 309 g/mol. The van der Waals surface area contributed by atoms with E-state index in [1.807, 2.05) is 23.3 Å². The summed E-state index contributed by atoms with van der Waals surface area (Å²) in [5, 5.41) is 0. The molecule has 1 fully saturated rings. The molecular formula is C16H23NO3S. The normalized spacial score (nSPS) is 18.6. The molecule has 0 bridgehead atoms. The van der Waals surface area contributed by atoms with Crippen molar-refractivity contribution in [1.82, 2.24) is 4.90 Å². The molecule has 0 radical (unpaired) electrons. The number of rotatable bonds is 6. The Balaban J connectivity index is 1.86. The second kappa shape index (κ2) is 8.29. The van der Waals surface area contributed by atoms with E-state index in [9.17, 15) is 4.79 Å². The molecule has 1 aromatic rings. The lowest BCUT2D eigenvalue weighted by molar-refractivity contribution is -0.138. The molecule has 0 aliphatic carbocycles.